The predicted molar refractivity (Wildman–Crippen MR) is 293 cm³/mol. The van der Waals surface area contributed by atoms with E-state index in [-0.39, 0.29) is 60.0 Å². The summed E-state index contributed by atoms with van der Waals surface area (Å²) in [5.74, 6) is 0.132. The minimum Gasteiger partial charge on any atom is -0.508 e. The highest BCUT2D eigenvalue weighted by atomic mass is 32.1. The number of anilines is 1. The van der Waals surface area contributed by atoms with E-state index in [1.54, 1.807) is 17.4 Å². The summed E-state index contributed by atoms with van der Waals surface area (Å²) < 4.78 is 19.2. The lowest BCUT2D eigenvalue weighted by Gasteiger charge is -2.36. The van der Waals surface area contributed by atoms with E-state index in [4.69, 9.17) is 28.9 Å². The lowest BCUT2D eigenvalue weighted by molar-refractivity contribution is -0.141. The van der Waals surface area contributed by atoms with Gasteiger partial charge in [0.2, 0.25) is 11.8 Å². The summed E-state index contributed by atoms with van der Waals surface area (Å²) in [4.78, 5) is 56.0. The fraction of sp³-hybridized carbons (Fsp3) is 0.475. The number of aromatic hydroxyl groups is 1. The average molecular weight is 1060 g/mol. The average Bonchev–Trinajstić information content (AvgIpc) is 4.47. The Hall–Kier alpha value is -6.73. The minimum atomic E-state index is -0.848. The number of amides is 2. The Morgan fingerprint density at radius 1 is 0.987 bits per heavy atom. The number of carbonyl (C=O) groups excluding carboxylic acids is 2. The zero-order chi connectivity index (χ0) is 52.9. The number of aliphatic hydroxyl groups is 1. The smallest absolute Gasteiger partial charge is 0.319 e. The highest BCUT2D eigenvalue weighted by Gasteiger charge is 2.51. The van der Waals surface area contributed by atoms with Crippen molar-refractivity contribution in [2.24, 2.45) is 5.92 Å². The van der Waals surface area contributed by atoms with Crippen molar-refractivity contribution in [2.75, 3.05) is 44.3 Å². The maximum absolute atomic E-state index is 14.5. The van der Waals surface area contributed by atoms with Gasteiger partial charge in [-0.05, 0) is 110 Å². The Balaban J connectivity index is 0.697. The molecule has 0 radical (unpaired) electrons. The van der Waals surface area contributed by atoms with E-state index >= 15 is 0 Å². The maximum Gasteiger partial charge on any atom is 0.319 e. The number of phenolic OH excluding ortho intramolecular Hbond substituents is 1. The molecule has 1 aliphatic carbocycles. The predicted octanol–water partition coefficient (Wildman–Crippen LogP) is 8.41. The molecule has 13 rings (SSSR count). The van der Waals surface area contributed by atoms with E-state index in [9.17, 15) is 19.8 Å². The number of piperazine rings is 1. The van der Waals surface area contributed by atoms with Crippen molar-refractivity contribution < 1.29 is 33.8 Å². The van der Waals surface area contributed by atoms with Crippen LogP contribution in [0.1, 0.15) is 119 Å². The molecule has 9 heterocycles. The van der Waals surface area contributed by atoms with Crippen molar-refractivity contribution in [1.82, 2.24) is 45.5 Å². The third-order valence-electron chi connectivity index (χ3n) is 17.7. The zero-order valence-electron chi connectivity index (χ0n) is 44.2. The molecule has 2 amide bonds. The van der Waals surface area contributed by atoms with E-state index in [0.29, 0.717) is 42.9 Å². The quantitative estimate of drug-likeness (QED) is 0.0807. The van der Waals surface area contributed by atoms with Crippen molar-refractivity contribution in [3.8, 4) is 39.3 Å². The third-order valence-corrected chi connectivity index (χ3v) is 18.7. The number of hydrogen-bond acceptors (Lipinski definition) is 16. The third kappa shape index (κ3) is 8.84. The van der Waals surface area contributed by atoms with Gasteiger partial charge in [0, 0.05) is 73.5 Å². The van der Waals surface area contributed by atoms with E-state index in [1.165, 1.54) is 10.5 Å². The number of phenols is 1. The van der Waals surface area contributed by atoms with Crippen molar-refractivity contribution in [3.05, 3.63) is 101 Å². The van der Waals surface area contributed by atoms with Crippen LogP contribution in [0, 0.1) is 12.8 Å². The second-order valence-electron chi connectivity index (χ2n) is 22.9. The van der Waals surface area contributed by atoms with Gasteiger partial charge in [-0.15, -0.1) is 11.3 Å². The summed E-state index contributed by atoms with van der Waals surface area (Å²) in [5, 5.41) is 35.9. The molecule has 5 fully saturated rings. The van der Waals surface area contributed by atoms with E-state index < -0.39 is 18.1 Å². The van der Waals surface area contributed by atoms with Crippen molar-refractivity contribution in [1.29, 1.82) is 0 Å². The first-order valence-corrected chi connectivity index (χ1v) is 28.4. The molecule has 4 unspecified atom stereocenters. The number of nitrogens with one attached hydrogen (secondary N) is 2. The Morgan fingerprint density at radius 3 is 2.58 bits per heavy atom. The minimum absolute atomic E-state index is 0.0112. The molecule has 77 heavy (non-hydrogen) atoms. The molecule has 17 nitrogen and oxygen atoms in total. The maximum atomic E-state index is 14.5. The Morgan fingerprint density at radius 2 is 1.81 bits per heavy atom. The summed E-state index contributed by atoms with van der Waals surface area (Å²) in [6.07, 6.45) is 7.33. The van der Waals surface area contributed by atoms with Crippen LogP contribution in [0.5, 0.6) is 17.6 Å². The highest BCUT2D eigenvalue weighted by molar-refractivity contribution is 7.13. The van der Waals surface area contributed by atoms with Crippen LogP contribution in [-0.4, -0.2) is 132 Å². The van der Waals surface area contributed by atoms with Crippen LogP contribution in [0.25, 0.3) is 43.4 Å². The lowest BCUT2D eigenvalue weighted by Crippen LogP contribution is -2.51. The van der Waals surface area contributed by atoms with Crippen LogP contribution in [-0.2, 0) is 9.59 Å². The molecular formula is C59H66N10O7S. The van der Waals surface area contributed by atoms with Crippen LogP contribution in [0.3, 0.4) is 0 Å². The summed E-state index contributed by atoms with van der Waals surface area (Å²) in [6.45, 7) is 13.5. The normalized spacial score (nSPS) is 25.4. The number of aromatic nitrogens is 5. The van der Waals surface area contributed by atoms with Crippen molar-refractivity contribution >= 4 is 50.6 Å². The SMILES string of the molecule is Cc1ncsc1-c1ccc([C@H](C)NC(=O)C2C[C@@H](O)CN2C(=O)[C@H](c2cc(OC[C@@H]3CC[C@@]4(COc5nc(N6CC7CCC(C6)N7)c6cnc7c(c6n5)C(C)c5cccc6cc(O)cc-7c56)CCCN34)no2)C(C)C)cc1. The van der Waals surface area contributed by atoms with Gasteiger partial charge in [-0.2, -0.15) is 9.97 Å². The monoisotopic (exact) mass is 1060 g/mol. The Labute approximate surface area is 451 Å². The number of pyridine rings is 1. The standard InChI is InChI=1S/C59H66N10O7S/c1-31(2)49(57(73)68-27-42(71)22-46(68)56(72)62-33(4)35-10-12-36(13-11-35)54-34(5)61-30-77-54)47-23-48(66-76-47)74-28-40-16-18-59(17-7-19-69(40)59)29-75-58-64-53-45(55(65-58)67-25-38-14-15-39(26-67)63-38)24-60-52-44-21-41(70)20-37-8-6-9-43(51(37)44)32(3)50(52)53/h6,8-13,20-21,23-24,30-33,38-40,42,46,49,63,70-71H,7,14-19,22,25-29H2,1-5H3,(H,62,72)/t32?,33-,38?,39?,40-,42+,46?,49-,59+/m0/s1. The number of thiazole rings is 1. The van der Waals surface area contributed by atoms with E-state index in [1.807, 2.05) is 81.9 Å². The van der Waals surface area contributed by atoms with Crippen LogP contribution in [0.2, 0.25) is 0 Å². The zero-order valence-corrected chi connectivity index (χ0v) is 45.1. The Bertz CT molecular complexity index is 3410. The van der Waals surface area contributed by atoms with E-state index in [0.717, 1.165) is 124 Å². The largest absolute Gasteiger partial charge is 0.508 e. The number of likely N-dealkylation sites (tertiary alicyclic amines) is 1. The number of fused-ring (bicyclic) bond motifs is 7. The molecular weight excluding hydrogens is 993 g/mol. The molecule has 6 aliphatic rings. The van der Waals surface area contributed by atoms with Crippen LogP contribution in [0.4, 0.5) is 5.82 Å². The molecule has 4 aromatic heterocycles. The molecule has 4 N–H and O–H groups in total. The number of hydrogen-bond donors (Lipinski definition) is 4. The van der Waals surface area contributed by atoms with Gasteiger partial charge >= 0.3 is 6.01 Å². The molecule has 3 aromatic carbocycles. The fourth-order valence-electron chi connectivity index (χ4n) is 13.9. The lowest BCUT2D eigenvalue weighted by atomic mass is 9.79. The van der Waals surface area contributed by atoms with Gasteiger partial charge in [-0.1, -0.05) is 63.2 Å². The molecule has 400 valence electrons. The molecule has 0 saturated carbocycles. The van der Waals surface area contributed by atoms with Crippen LogP contribution >= 0.6 is 11.3 Å². The summed E-state index contributed by atoms with van der Waals surface area (Å²) in [7, 11) is 0. The summed E-state index contributed by atoms with van der Waals surface area (Å²) >= 11 is 1.59. The second kappa shape index (κ2) is 19.6. The number of nitrogens with zero attached hydrogens (tertiary/aromatic N) is 8. The van der Waals surface area contributed by atoms with E-state index in [2.05, 4.69) is 49.6 Å². The number of aryl methyl sites for hydroxylation is 1. The topological polar surface area (TPSA) is 204 Å². The first-order valence-electron chi connectivity index (χ1n) is 27.5. The first kappa shape index (κ1) is 49.8. The summed E-state index contributed by atoms with van der Waals surface area (Å²) in [5.41, 5.74) is 9.36. The number of carbonyl (C=O) groups is 2. The number of benzene rings is 3. The number of ether oxygens (including phenoxy) is 2. The molecule has 7 aromatic rings. The molecule has 5 saturated heterocycles. The van der Waals surface area contributed by atoms with Gasteiger partial charge < -0.3 is 44.6 Å². The molecule has 0 spiro atoms. The molecule has 5 aliphatic heterocycles. The van der Waals surface area contributed by atoms with Crippen LogP contribution in [0.15, 0.2) is 76.9 Å². The van der Waals surface area contributed by atoms with Gasteiger partial charge in [-0.25, -0.2) is 4.98 Å². The van der Waals surface area contributed by atoms with Gasteiger partial charge in [0.05, 0.1) is 50.4 Å². The summed E-state index contributed by atoms with van der Waals surface area (Å²) in [6, 6.07) is 19.8. The number of rotatable bonds is 14. The Kier molecular flexibility index (Phi) is 12.7. The molecule has 18 heteroatoms. The van der Waals surface area contributed by atoms with Gasteiger partial charge in [-0.3, -0.25) is 19.5 Å². The first-order chi connectivity index (χ1) is 37.3. The van der Waals surface area contributed by atoms with Crippen molar-refractivity contribution in [2.45, 2.75) is 133 Å². The van der Waals surface area contributed by atoms with Gasteiger partial charge in [0.25, 0.3) is 5.88 Å². The fourth-order valence-corrected chi connectivity index (χ4v) is 14.7. The molecule has 9 atom stereocenters. The van der Waals surface area contributed by atoms with Crippen molar-refractivity contribution in [3.63, 3.8) is 0 Å². The highest BCUT2D eigenvalue weighted by Crippen LogP contribution is 2.49. The number of β-amino-alcohol motifs (C(OH)–C–C–N with tert-alkyl or cyclic N) is 1. The van der Waals surface area contributed by atoms with Crippen LogP contribution < -0.4 is 25.0 Å². The number of aliphatic hydroxyl groups excluding tert-OH is 1. The van der Waals surface area contributed by atoms with Gasteiger partial charge in [0.15, 0.2) is 5.76 Å². The molecule has 2 bridgehead atoms. The second-order valence-corrected chi connectivity index (χ2v) is 23.8. The van der Waals surface area contributed by atoms with Gasteiger partial charge in [0.1, 0.15) is 36.7 Å².